The molecule has 5 heteroatoms. The average molecular weight is 225 g/mol. The molecule has 0 unspecified atom stereocenters. The van der Waals surface area contributed by atoms with Crippen molar-refractivity contribution in [3.8, 4) is 6.07 Å². The molecule has 80 valence electrons. The lowest BCUT2D eigenvalue weighted by Gasteiger charge is -2.20. The largest absolute Gasteiger partial charge is 0.399 e. The molecule has 2 N–H and O–H groups in total. The summed E-state index contributed by atoms with van der Waals surface area (Å²) in [5.74, 6) is 0.720. The number of halogens is 1. The highest BCUT2D eigenvalue weighted by molar-refractivity contribution is 6.29. The molecule has 0 aromatic carbocycles. The lowest BCUT2D eigenvalue weighted by molar-refractivity contribution is 0.811. The molecular formula is C10H13ClN4. The number of pyridine rings is 1. The number of nitrogens with zero attached hydrogens (tertiary/aromatic N) is 3. The van der Waals surface area contributed by atoms with E-state index in [1.807, 2.05) is 11.8 Å². The van der Waals surface area contributed by atoms with Crippen LogP contribution in [0.25, 0.3) is 0 Å². The van der Waals surface area contributed by atoms with Crippen molar-refractivity contribution in [2.75, 3.05) is 23.7 Å². The van der Waals surface area contributed by atoms with Gasteiger partial charge >= 0.3 is 0 Å². The van der Waals surface area contributed by atoms with Crippen molar-refractivity contribution in [1.82, 2.24) is 4.98 Å². The molecule has 0 amide bonds. The molecule has 1 rings (SSSR count). The number of nitriles is 1. The minimum Gasteiger partial charge on any atom is -0.399 e. The van der Waals surface area contributed by atoms with E-state index in [4.69, 9.17) is 22.6 Å². The minimum absolute atomic E-state index is 0.375. The molecule has 0 bridgehead atoms. The van der Waals surface area contributed by atoms with Crippen LogP contribution in [-0.2, 0) is 0 Å². The summed E-state index contributed by atoms with van der Waals surface area (Å²) in [7, 11) is 0. The van der Waals surface area contributed by atoms with E-state index < -0.39 is 0 Å². The zero-order valence-electron chi connectivity index (χ0n) is 8.57. The number of hydrogen-bond acceptors (Lipinski definition) is 4. The van der Waals surface area contributed by atoms with Crippen molar-refractivity contribution in [2.45, 2.75) is 13.3 Å². The standard InChI is InChI=1S/C10H13ClN4/c1-2-15(5-3-4-12)10-7-8(13)6-9(11)14-10/h6-7H,2-3,5H2,1H3,(H2,13,14). The van der Waals surface area contributed by atoms with E-state index in [1.54, 1.807) is 12.1 Å². The molecule has 4 nitrogen and oxygen atoms in total. The lowest BCUT2D eigenvalue weighted by atomic mass is 10.3. The molecule has 0 atom stereocenters. The second-order valence-corrected chi connectivity index (χ2v) is 3.46. The molecule has 0 aliphatic carbocycles. The van der Waals surface area contributed by atoms with Gasteiger partial charge in [-0.15, -0.1) is 0 Å². The zero-order valence-corrected chi connectivity index (χ0v) is 9.33. The first-order valence-corrected chi connectivity index (χ1v) is 5.10. The van der Waals surface area contributed by atoms with Crippen LogP contribution in [0.5, 0.6) is 0 Å². The van der Waals surface area contributed by atoms with Crippen molar-refractivity contribution in [2.24, 2.45) is 0 Å². The minimum atomic E-state index is 0.375. The number of nitrogen functional groups attached to an aromatic ring is 1. The molecule has 0 aliphatic heterocycles. The van der Waals surface area contributed by atoms with Gasteiger partial charge in [0.2, 0.25) is 0 Å². The van der Waals surface area contributed by atoms with Gasteiger partial charge in [-0.25, -0.2) is 4.98 Å². The average Bonchev–Trinajstić information content (AvgIpc) is 2.17. The third-order valence-corrected chi connectivity index (χ3v) is 2.20. The smallest absolute Gasteiger partial charge is 0.133 e. The van der Waals surface area contributed by atoms with Crippen molar-refractivity contribution >= 4 is 23.1 Å². The van der Waals surface area contributed by atoms with Crippen LogP contribution >= 0.6 is 11.6 Å². The van der Waals surface area contributed by atoms with E-state index in [0.29, 0.717) is 23.8 Å². The highest BCUT2D eigenvalue weighted by atomic mass is 35.5. The quantitative estimate of drug-likeness (QED) is 0.795. The number of nitrogens with two attached hydrogens (primary N) is 1. The van der Waals surface area contributed by atoms with Gasteiger partial charge in [-0.1, -0.05) is 11.6 Å². The van der Waals surface area contributed by atoms with Gasteiger partial charge in [0.1, 0.15) is 11.0 Å². The molecule has 0 spiro atoms. The van der Waals surface area contributed by atoms with E-state index in [-0.39, 0.29) is 0 Å². The maximum absolute atomic E-state index is 8.52. The Kier molecular flexibility index (Phi) is 4.19. The topological polar surface area (TPSA) is 65.9 Å². The Bertz CT molecular complexity index is 352. The van der Waals surface area contributed by atoms with Gasteiger partial charge < -0.3 is 10.6 Å². The number of hydrogen-bond donors (Lipinski definition) is 1. The fraction of sp³-hybridized carbons (Fsp3) is 0.400. The Labute approximate surface area is 94.3 Å². The lowest BCUT2D eigenvalue weighted by Crippen LogP contribution is -2.24. The molecule has 15 heavy (non-hydrogen) atoms. The molecule has 0 radical (unpaired) electrons. The van der Waals surface area contributed by atoms with E-state index in [9.17, 15) is 0 Å². The van der Waals surface area contributed by atoms with Gasteiger partial charge in [0.05, 0.1) is 12.5 Å². The Balaban J connectivity index is 2.87. The summed E-state index contributed by atoms with van der Waals surface area (Å²) in [4.78, 5) is 6.12. The first kappa shape index (κ1) is 11.6. The van der Waals surface area contributed by atoms with Crippen molar-refractivity contribution in [1.29, 1.82) is 5.26 Å². The fourth-order valence-corrected chi connectivity index (χ4v) is 1.50. The number of rotatable bonds is 4. The molecule has 1 heterocycles. The van der Waals surface area contributed by atoms with Crippen molar-refractivity contribution in [3.63, 3.8) is 0 Å². The predicted octanol–water partition coefficient (Wildman–Crippen LogP) is 2.06. The maximum Gasteiger partial charge on any atom is 0.133 e. The predicted molar refractivity (Wildman–Crippen MR) is 61.8 cm³/mol. The second kappa shape index (κ2) is 5.42. The normalized spacial score (nSPS) is 9.67. The molecule has 0 fully saturated rings. The highest BCUT2D eigenvalue weighted by Gasteiger charge is 2.07. The fourth-order valence-electron chi connectivity index (χ4n) is 1.28. The van der Waals surface area contributed by atoms with Gasteiger partial charge in [0.25, 0.3) is 0 Å². The summed E-state index contributed by atoms with van der Waals surface area (Å²) in [5, 5.41) is 8.89. The molecule has 0 saturated carbocycles. The monoisotopic (exact) mass is 224 g/mol. The van der Waals surface area contributed by atoms with Crippen LogP contribution < -0.4 is 10.6 Å². The van der Waals surface area contributed by atoms with Crippen LogP contribution in [0.3, 0.4) is 0 Å². The van der Waals surface area contributed by atoms with E-state index >= 15 is 0 Å². The summed E-state index contributed by atoms with van der Waals surface area (Å²) < 4.78 is 0. The van der Waals surface area contributed by atoms with E-state index in [2.05, 4.69) is 11.1 Å². The summed E-state index contributed by atoms with van der Waals surface area (Å²) >= 11 is 5.80. The maximum atomic E-state index is 8.52. The second-order valence-electron chi connectivity index (χ2n) is 3.07. The molecule has 0 aliphatic rings. The van der Waals surface area contributed by atoms with E-state index in [0.717, 1.165) is 12.4 Å². The van der Waals surface area contributed by atoms with Gasteiger partial charge in [-0.2, -0.15) is 5.26 Å². The zero-order chi connectivity index (χ0) is 11.3. The summed E-state index contributed by atoms with van der Waals surface area (Å²) in [6.07, 6.45) is 0.460. The molecule has 1 aromatic rings. The highest BCUT2D eigenvalue weighted by Crippen LogP contribution is 2.19. The van der Waals surface area contributed by atoms with Crippen molar-refractivity contribution < 1.29 is 0 Å². The van der Waals surface area contributed by atoms with Gasteiger partial charge in [-0.05, 0) is 13.0 Å². The Morgan fingerprint density at radius 2 is 2.33 bits per heavy atom. The Morgan fingerprint density at radius 3 is 2.87 bits per heavy atom. The van der Waals surface area contributed by atoms with Gasteiger partial charge in [-0.3, -0.25) is 0 Å². The van der Waals surface area contributed by atoms with E-state index in [1.165, 1.54) is 0 Å². The van der Waals surface area contributed by atoms with Crippen LogP contribution in [0.4, 0.5) is 11.5 Å². The molecule has 0 saturated heterocycles. The van der Waals surface area contributed by atoms with Crippen molar-refractivity contribution in [3.05, 3.63) is 17.3 Å². The van der Waals surface area contributed by atoms with Crippen LogP contribution in [0.1, 0.15) is 13.3 Å². The van der Waals surface area contributed by atoms with Crippen LogP contribution in [0, 0.1) is 11.3 Å². The van der Waals surface area contributed by atoms with Crippen LogP contribution in [0.15, 0.2) is 12.1 Å². The van der Waals surface area contributed by atoms with Crippen LogP contribution in [0.2, 0.25) is 5.15 Å². The first-order chi connectivity index (χ1) is 7.17. The molecule has 1 aromatic heterocycles. The third kappa shape index (κ3) is 3.30. The number of anilines is 2. The van der Waals surface area contributed by atoms with Gasteiger partial charge in [0, 0.05) is 24.8 Å². The molecular weight excluding hydrogens is 212 g/mol. The van der Waals surface area contributed by atoms with Gasteiger partial charge in [0.15, 0.2) is 0 Å². The SMILES string of the molecule is CCN(CCC#N)c1cc(N)cc(Cl)n1. The Morgan fingerprint density at radius 1 is 1.60 bits per heavy atom. The Hall–Kier alpha value is -1.47. The first-order valence-electron chi connectivity index (χ1n) is 4.72. The third-order valence-electron chi connectivity index (χ3n) is 2.00. The number of aromatic nitrogens is 1. The summed E-state index contributed by atoms with van der Waals surface area (Å²) in [5.41, 5.74) is 6.25. The summed E-state index contributed by atoms with van der Waals surface area (Å²) in [6.45, 7) is 3.41. The van der Waals surface area contributed by atoms with Crippen LogP contribution in [-0.4, -0.2) is 18.1 Å². The summed E-state index contributed by atoms with van der Waals surface area (Å²) in [6, 6.07) is 5.45.